The number of hydrogen-bond acceptors (Lipinski definition) is 2. The van der Waals surface area contributed by atoms with Gasteiger partial charge in [-0.1, -0.05) is 29.8 Å². The number of pyridine rings is 1. The molecule has 0 spiro atoms. The van der Waals surface area contributed by atoms with Gasteiger partial charge >= 0.3 is 0 Å². The molecule has 0 saturated heterocycles. The standard InChI is InChI=1S/C17H18ClNO/c1-17(20,11-12-4-7-14(18)8-5-12)15-9-6-13-3-2-10-19-16(13)15/h2-5,7-8,10,15,20H,6,9,11H2,1H3. The minimum Gasteiger partial charge on any atom is -0.389 e. The summed E-state index contributed by atoms with van der Waals surface area (Å²) in [7, 11) is 0. The van der Waals surface area contributed by atoms with E-state index in [0.717, 1.165) is 29.1 Å². The fraction of sp³-hybridized carbons (Fsp3) is 0.353. The molecule has 0 bridgehead atoms. The van der Waals surface area contributed by atoms with Gasteiger partial charge in [0.05, 0.1) is 5.60 Å². The highest BCUT2D eigenvalue weighted by Gasteiger charge is 2.38. The van der Waals surface area contributed by atoms with Crippen molar-refractivity contribution >= 4 is 11.6 Å². The Labute approximate surface area is 124 Å². The van der Waals surface area contributed by atoms with Crippen LogP contribution in [0, 0.1) is 0 Å². The molecule has 1 heterocycles. The van der Waals surface area contributed by atoms with Crippen LogP contribution >= 0.6 is 11.6 Å². The molecule has 1 aliphatic rings. The number of rotatable bonds is 3. The van der Waals surface area contributed by atoms with Crippen LogP contribution < -0.4 is 0 Å². The molecule has 2 nitrogen and oxygen atoms in total. The van der Waals surface area contributed by atoms with Gasteiger partial charge in [0.25, 0.3) is 0 Å². The molecule has 0 aliphatic heterocycles. The topological polar surface area (TPSA) is 33.1 Å². The van der Waals surface area contributed by atoms with Crippen LogP contribution in [0.1, 0.15) is 36.1 Å². The molecule has 2 aromatic rings. The molecule has 2 unspecified atom stereocenters. The van der Waals surface area contributed by atoms with Crippen molar-refractivity contribution in [1.29, 1.82) is 0 Å². The van der Waals surface area contributed by atoms with Gasteiger partial charge in [0.1, 0.15) is 0 Å². The molecule has 1 aromatic heterocycles. The molecule has 1 aliphatic carbocycles. The summed E-state index contributed by atoms with van der Waals surface area (Å²) < 4.78 is 0. The summed E-state index contributed by atoms with van der Waals surface area (Å²) in [5.74, 6) is 0.106. The highest BCUT2D eigenvalue weighted by molar-refractivity contribution is 6.30. The maximum atomic E-state index is 10.9. The van der Waals surface area contributed by atoms with Gasteiger partial charge in [0.2, 0.25) is 0 Å². The second kappa shape index (κ2) is 5.19. The van der Waals surface area contributed by atoms with Gasteiger partial charge in [0.15, 0.2) is 0 Å². The van der Waals surface area contributed by atoms with E-state index in [1.807, 2.05) is 43.5 Å². The van der Waals surface area contributed by atoms with Crippen LogP contribution in [0.25, 0.3) is 0 Å². The van der Waals surface area contributed by atoms with Crippen molar-refractivity contribution in [3.05, 3.63) is 64.4 Å². The molecule has 0 saturated carbocycles. The van der Waals surface area contributed by atoms with Gasteiger partial charge in [-0.05, 0) is 49.1 Å². The van der Waals surface area contributed by atoms with Gasteiger partial charge in [-0.2, -0.15) is 0 Å². The predicted molar refractivity (Wildman–Crippen MR) is 81.1 cm³/mol. The molecule has 1 N–H and O–H groups in total. The lowest BCUT2D eigenvalue weighted by Crippen LogP contribution is -2.34. The Morgan fingerprint density at radius 2 is 2.05 bits per heavy atom. The molecular formula is C17H18ClNO. The van der Waals surface area contributed by atoms with Crippen molar-refractivity contribution in [3.63, 3.8) is 0 Å². The van der Waals surface area contributed by atoms with Crippen LogP contribution in [0.2, 0.25) is 5.02 Å². The minimum absolute atomic E-state index is 0.106. The Kier molecular flexibility index (Phi) is 3.53. The molecule has 0 radical (unpaired) electrons. The summed E-state index contributed by atoms with van der Waals surface area (Å²) in [6.07, 6.45) is 4.40. The lowest BCUT2D eigenvalue weighted by atomic mass is 9.82. The van der Waals surface area contributed by atoms with Crippen molar-refractivity contribution in [2.45, 2.75) is 37.7 Å². The average molecular weight is 288 g/mol. The van der Waals surface area contributed by atoms with E-state index in [0.29, 0.717) is 6.42 Å². The van der Waals surface area contributed by atoms with E-state index in [4.69, 9.17) is 11.6 Å². The van der Waals surface area contributed by atoms with E-state index in [1.54, 1.807) is 0 Å². The number of hydrogen-bond donors (Lipinski definition) is 1. The first-order valence-corrected chi connectivity index (χ1v) is 7.35. The molecule has 0 fully saturated rings. The second-order valence-corrected chi connectivity index (χ2v) is 6.24. The zero-order valence-corrected chi connectivity index (χ0v) is 12.3. The molecule has 3 rings (SSSR count). The highest BCUT2D eigenvalue weighted by atomic mass is 35.5. The Balaban J connectivity index is 1.84. The molecule has 0 amide bonds. The monoisotopic (exact) mass is 287 g/mol. The maximum absolute atomic E-state index is 10.9. The van der Waals surface area contributed by atoms with Crippen molar-refractivity contribution < 1.29 is 5.11 Å². The van der Waals surface area contributed by atoms with E-state index in [1.165, 1.54) is 5.56 Å². The lowest BCUT2D eigenvalue weighted by molar-refractivity contribution is 0.0299. The quantitative estimate of drug-likeness (QED) is 0.932. The van der Waals surface area contributed by atoms with Gasteiger partial charge in [-0.25, -0.2) is 0 Å². The van der Waals surface area contributed by atoms with Crippen molar-refractivity contribution in [2.24, 2.45) is 0 Å². The molecular weight excluding hydrogens is 270 g/mol. The Morgan fingerprint density at radius 1 is 1.30 bits per heavy atom. The maximum Gasteiger partial charge on any atom is 0.0743 e. The third-order valence-corrected chi connectivity index (χ3v) is 4.44. The van der Waals surface area contributed by atoms with E-state index >= 15 is 0 Å². The first-order chi connectivity index (χ1) is 9.56. The zero-order chi connectivity index (χ0) is 14.2. The summed E-state index contributed by atoms with van der Waals surface area (Å²) in [6, 6.07) is 11.8. The number of aromatic nitrogens is 1. The van der Waals surface area contributed by atoms with E-state index in [-0.39, 0.29) is 5.92 Å². The molecule has 2 atom stereocenters. The number of aliphatic hydroxyl groups is 1. The summed E-state index contributed by atoms with van der Waals surface area (Å²) in [5, 5.41) is 11.6. The number of fused-ring (bicyclic) bond motifs is 1. The van der Waals surface area contributed by atoms with E-state index < -0.39 is 5.60 Å². The van der Waals surface area contributed by atoms with Crippen LogP contribution in [-0.2, 0) is 12.8 Å². The lowest BCUT2D eigenvalue weighted by Gasteiger charge is -2.30. The molecule has 1 aromatic carbocycles. The van der Waals surface area contributed by atoms with Gasteiger partial charge in [-0.15, -0.1) is 0 Å². The number of halogens is 1. The predicted octanol–water partition coefficient (Wildman–Crippen LogP) is 3.76. The fourth-order valence-corrected chi connectivity index (χ4v) is 3.28. The molecule has 20 heavy (non-hydrogen) atoms. The summed E-state index contributed by atoms with van der Waals surface area (Å²) in [4.78, 5) is 4.48. The van der Waals surface area contributed by atoms with Gasteiger partial charge in [0, 0.05) is 29.3 Å². The van der Waals surface area contributed by atoms with Gasteiger partial charge in [-0.3, -0.25) is 4.98 Å². The van der Waals surface area contributed by atoms with E-state index in [2.05, 4.69) is 11.1 Å². The second-order valence-electron chi connectivity index (χ2n) is 5.80. The first-order valence-electron chi connectivity index (χ1n) is 6.97. The van der Waals surface area contributed by atoms with E-state index in [9.17, 15) is 5.11 Å². The SMILES string of the molecule is CC(O)(Cc1ccc(Cl)cc1)C1CCc2cccnc21. The molecule has 104 valence electrons. The number of nitrogens with zero attached hydrogens (tertiary/aromatic N) is 1. The number of aryl methyl sites for hydroxylation is 1. The van der Waals surface area contributed by atoms with Crippen molar-refractivity contribution in [2.75, 3.05) is 0 Å². The fourth-order valence-electron chi connectivity index (χ4n) is 3.16. The largest absolute Gasteiger partial charge is 0.389 e. The van der Waals surface area contributed by atoms with Crippen LogP contribution in [-0.4, -0.2) is 15.7 Å². The van der Waals surface area contributed by atoms with Crippen LogP contribution in [0.4, 0.5) is 0 Å². The zero-order valence-electron chi connectivity index (χ0n) is 11.5. The number of benzene rings is 1. The highest BCUT2D eigenvalue weighted by Crippen LogP contribution is 2.40. The third-order valence-electron chi connectivity index (χ3n) is 4.18. The Hall–Kier alpha value is -1.38. The Morgan fingerprint density at radius 3 is 2.80 bits per heavy atom. The van der Waals surface area contributed by atoms with Crippen LogP contribution in [0.5, 0.6) is 0 Å². The molecule has 3 heteroatoms. The van der Waals surface area contributed by atoms with Crippen LogP contribution in [0.15, 0.2) is 42.6 Å². The van der Waals surface area contributed by atoms with Crippen LogP contribution in [0.3, 0.4) is 0 Å². The smallest absolute Gasteiger partial charge is 0.0743 e. The summed E-state index contributed by atoms with van der Waals surface area (Å²) in [6.45, 7) is 1.91. The summed E-state index contributed by atoms with van der Waals surface area (Å²) in [5.41, 5.74) is 2.65. The average Bonchev–Trinajstić information content (AvgIpc) is 2.86. The third kappa shape index (κ3) is 2.58. The van der Waals surface area contributed by atoms with Gasteiger partial charge < -0.3 is 5.11 Å². The first kappa shape index (κ1) is 13.6. The Bertz CT molecular complexity index is 607. The minimum atomic E-state index is -0.784. The summed E-state index contributed by atoms with van der Waals surface area (Å²) >= 11 is 5.90. The normalized spacial score (nSPS) is 20.4. The van der Waals surface area contributed by atoms with Crippen molar-refractivity contribution in [1.82, 2.24) is 4.98 Å². The van der Waals surface area contributed by atoms with Crippen molar-refractivity contribution in [3.8, 4) is 0 Å².